The summed E-state index contributed by atoms with van der Waals surface area (Å²) in [6.07, 6.45) is 7.10. The van der Waals surface area contributed by atoms with Crippen LogP contribution in [-0.2, 0) is 22.4 Å². The third-order valence-electron chi connectivity index (χ3n) is 8.16. The molecule has 0 aromatic heterocycles. The van der Waals surface area contributed by atoms with Gasteiger partial charge in [0.1, 0.15) is 12.6 Å². The summed E-state index contributed by atoms with van der Waals surface area (Å²) in [7, 11) is 0. The fourth-order valence-corrected chi connectivity index (χ4v) is 5.64. The van der Waals surface area contributed by atoms with E-state index in [9.17, 15) is 9.59 Å². The van der Waals surface area contributed by atoms with E-state index in [1.54, 1.807) is 0 Å². The molecule has 0 atom stereocenters. The van der Waals surface area contributed by atoms with Crippen LogP contribution in [0.3, 0.4) is 0 Å². The topological polar surface area (TPSA) is 40.6 Å². The van der Waals surface area contributed by atoms with Crippen molar-refractivity contribution in [2.24, 2.45) is 0 Å². The summed E-state index contributed by atoms with van der Waals surface area (Å²) < 4.78 is 0. The molecule has 4 rings (SSSR count). The maximum Gasteiger partial charge on any atom is 0.124 e. The van der Waals surface area contributed by atoms with Crippen molar-refractivity contribution in [1.29, 1.82) is 0 Å². The number of benzene rings is 4. The lowest BCUT2D eigenvalue weighted by molar-refractivity contribution is -0.108. The Morgan fingerprint density at radius 1 is 0.500 bits per heavy atom. The molecule has 0 heterocycles. The molecule has 4 aromatic rings. The summed E-state index contributed by atoms with van der Waals surface area (Å²) in [6, 6.07) is 34.0. The lowest BCUT2D eigenvalue weighted by Gasteiger charge is -2.23. The predicted molar refractivity (Wildman–Crippen MR) is 187 cm³/mol. The summed E-state index contributed by atoms with van der Waals surface area (Å²) in [4.78, 5) is 27.0. The van der Waals surface area contributed by atoms with Crippen molar-refractivity contribution in [1.82, 2.24) is 0 Å². The largest absolute Gasteiger partial charge is 0.372 e. The summed E-state index contributed by atoms with van der Waals surface area (Å²) in [5.74, 6) is 0. The minimum Gasteiger partial charge on any atom is -0.372 e. The molecule has 0 spiro atoms. The van der Waals surface area contributed by atoms with Gasteiger partial charge in [-0.2, -0.15) is 0 Å². The number of carbonyl (C=O) groups excluding carboxylic acids is 2. The van der Waals surface area contributed by atoms with E-state index in [0.717, 1.165) is 83.3 Å². The van der Waals surface area contributed by atoms with Gasteiger partial charge in [0.25, 0.3) is 0 Å². The predicted octanol–water partition coefficient (Wildman–Crippen LogP) is 8.43. The normalized spacial score (nSPS) is 10.5. The Kier molecular flexibility index (Phi) is 11.9. The van der Waals surface area contributed by atoms with Gasteiger partial charge >= 0.3 is 0 Å². The molecule has 0 bridgehead atoms. The summed E-state index contributed by atoms with van der Waals surface area (Å²) in [6.45, 7) is 12.5. The van der Waals surface area contributed by atoms with Crippen molar-refractivity contribution in [3.63, 3.8) is 0 Å². The molecule has 226 valence electrons. The summed E-state index contributed by atoms with van der Waals surface area (Å²) in [5.41, 5.74) is 11.0. The first kappa shape index (κ1) is 32.2. The molecule has 0 aliphatic carbocycles. The molecule has 0 unspecified atom stereocenters. The van der Waals surface area contributed by atoms with Crippen molar-refractivity contribution in [3.05, 3.63) is 143 Å². The highest BCUT2D eigenvalue weighted by molar-refractivity contribution is 5.87. The highest BCUT2D eigenvalue weighted by atomic mass is 16.1. The minimum absolute atomic E-state index is 0.398. The van der Waals surface area contributed by atoms with Gasteiger partial charge in [-0.1, -0.05) is 84.9 Å². The van der Waals surface area contributed by atoms with Crippen molar-refractivity contribution in [2.75, 3.05) is 36.0 Å². The zero-order chi connectivity index (χ0) is 31.3. The van der Waals surface area contributed by atoms with E-state index < -0.39 is 0 Å². The average Bonchev–Trinajstić information content (AvgIpc) is 3.06. The third kappa shape index (κ3) is 8.02. The molecule has 4 nitrogen and oxygen atoms in total. The van der Waals surface area contributed by atoms with Gasteiger partial charge in [0.15, 0.2) is 0 Å². The van der Waals surface area contributed by atoms with Crippen LogP contribution >= 0.6 is 0 Å². The Hall–Kier alpha value is -4.70. The zero-order valence-electron chi connectivity index (χ0n) is 26.5. The van der Waals surface area contributed by atoms with Crippen LogP contribution < -0.4 is 9.80 Å². The monoisotopic (exact) mass is 584 g/mol. The lowest BCUT2D eigenvalue weighted by atomic mass is 9.92. The Balaban J connectivity index is 1.92. The molecule has 4 heteroatoms. The van der Waals surface area contributed by atoms with Gasteiger partial charge in [0, 0.05) is 50.4 Å². The number of anilines is 2. The van der Waals surface area contributed by atoms with Gasteiger partial charge in [-0.15, -0.1) is 0 Å². The third-order valence-corrected chi connectivity index (χ3v) is 8.16. The zero-order valence-corrected chi connectivity index (χ0v) is 26.5. The Bertz CT molecular complexity index is 1460. The van der Waals surface area contributed by atoms with Gasteiger partial charge < -0.3 is 19.4 Å². The number of hydrogen-bond acceptors (Lipinski definition) is 4. The highest BCUT2D eigenvalue weighted by Gasteiger charge is 2.12. The SMILES string of the molecule is CCN(CC)c1cccc(C(=CC=C(c2ccc(CC=O)cc2)c2ccc(CC=O)cc2)c2cccc(N(CC)CC)c2)c1. The number of nitrogens with zero attached hydrogens (tertiary/aromatic N) is 2. The second-order valence-corrected chi connectivity index (χ2v) is 10.7. The highest BCUT2D eigenvalue weighted by Crippen LogP contribution is 2.32. The Labute approximate surface area is 263 Å². The van der Waals surface area contributed by atoms with Gasteiger partial charge in [-0.05, 0) is 96.5 Å². The first-order chi connectivity index (χ1) is 21.5. The van der Waals surface area contributed by atoms with Gasteiger partial charge in [-0.3, -0.25) is 0 Å². The number of hydrogen-bond donors (Lipinski definition) is 0. The molecule has 0 fully saturated rings. The quantitative estimate of drug-likeness (QED) is 0.104. The van der Waals surface area contributed by atoms with Crippen LogP contribution in [0.15, 0.2) is 109 Å². The van der Waals surface area contributed by atoms with Crippen LogP contribution in [0.1, 0.15) is 61.1 Å². The molecule has 0 radical (unpaired) electrons. The smallest absolute Gasteiger partial charge is 0.124 e. The van der Waals surface area contributed by atoms with Gasteiger partial charge in [0.2, 0.25) is 0 Å². The Morgan fingerprint density at radius 3 is 1.20 bits per heavy atom. The number of aldehydes is 2. The van der Waals surface area contributed by atoms with Crippen LogP contribution in [0, 0.1) is 0 Å². The number of rotatable bonds is 15. The molecule has 4 aromatic carbocycles. The second-order valence-electron chi connectivity index (χ2n) is 10.7. The van der Waals surface area contributed by atoms with Crippen molar-refractivity contribution in [3.8, 4) is 0 Å². The van der Waals surface area contributed by atoms with Crippen molar-refractivity contribution >= 4 is 35.1 Å². The Morgan fingerprint density at radius 2 is 0.864 bits per heavy atom. The second kappa shape index (κ2) is 16.2. The maximum atomic E-state index is 11.1. The van der Waals surface area contributed by atoms with Crippen molar-refractivity contribution < 1.29 is 9.59 Å². The van der Waals surface area contributed by atoms with Crippen LogP contribution in [0.25, 0.3) is 11.1 Å². The first-order valence-corrected chi connectivity index (χ1v) is 15.7. The van der Waals surface area contributed by atoms with Gasteiger partial charge in [-0.25, -0.2) is 0 Å². The minimum atomic E-state index is 0.398. The van der Waals surface area contributed by atoms with Crippen LogP contribution in [0.5, 0.6) is 0 Å². The molecule has 0 aliphatic heterocycles. The summed E-state index contributed by atoms with van der Waals surface area (Å²) in [5, 5.41) is 0. The summed E-state index contributed by atoms with van der Waals surface area (Å²) >= 11 is 0. The molecule has 0 saturated carbocycles. The molecule has 0 aliphatic rings. The van der Waals surface area contributed by atoms with E-state index >= 15 is 0 Å². The van der Waals surface area contributed by atoms with Crippen molar-refractivity contribution in [2.45, 2.75) is 40.5 Å². The molecule has 0 N–H and O–H groups in total. The van der Waals surface area contributed by atoms with E-state index in [0.29, 0.717) is 12.8 Å². The van der Waals surface area contributed by atoms with Crippen LogP contribution in [-0.4, -0.2) is 38.8 Å². The molecule has 0 amide bonds. The standard InChI is InChI=1S/C40H44N2O2/c1-5-41(6-2)37-13-9-11-35(29-37)40(36-12-10-14-38(30-36)42(7-3)8-4)24-23-39(33-19-15-31(16-20-33)25-27-43)34-21-17-32(18-22-34)26-28-44/h9-24,27-30H,5-8,25-26H2,1-4H3. The van der Waals surface area contributed by atoms with E-state index in [4.69, 9.17) is 0 Å². The molecular weight excluding hydrogens is 540 g/mol. The fraction of sp³-hybridized carbons (Fsp3) is 0.250. The molecule has 0 saturated heterocycles. The lowest BCUT2D eigenvalue weighted by Crippen LogP contribution is -2.22. The molecule has 44 heavy (non-hydrogen) atoms. The maximum absolute atomic E-state index is 11.1. The molecular formula is C40H44N2O2. The van der Waals surface area contributed by atoms with E-state index in [1.807, 2.05) is 24.3 Å². The number of carbonyl (C=O) groups is 2. The van der Waals surface area contributed by atoms with Crippen LogP contribution in [0.2, 0.25) is 0 Å². The number of allylic oxidation sites excluding steroid dienone is 2. The fourth-order valence-electron chi connectivity index (χ4n) is 5.64. The average molecular weight is 585 g/mol. The van der Waals surface area contributed by atoms with Crippen LogP contribution in [0.4, 0.5) is 11.4 Å². The van der Waals surface area contributed by atoms with E-state index in [1.165, 1.54) is 11.4 Å². The van der Waals surface area contributed by atoms with E-state index in [2.05, 4.69) is 122 Å². The first-order valence-electron chi connectivity index (χ1n) is 15.7. The van der Waals surface area contributed by atoms with Gasteiger partial charge in [0.05, 0.1) is 0 Å². The van der Waals surface area contributed by atoms with E-state index in [-0.39, 0.29) is 0 Å².